The third-order valence-corrected chi connectivity index (χ3v) is 6.84. The summed E-state index contributed by atoms with van der Waals surface area (Å²) >= 11 is 4.81. The Morgan fingerprint density at radius 2 is 1.91 bits per heavy atom. The van der Waals surface area contributed by atoms with Crippen LogP contribution in [0.3, 0.4) is 0 Å². The molecule has 1 N–H and O–H groups in total. The number of aliphatic hydroxyl groups excluding tert-OH is 1. The van der Waals surface area contributed by atoms with Crippen molar-refractivity contribution in [3.05, 3.63) is 80.3 Å². The predicted octanol–water partition coefficient (Wildman–Crippen LogP) is 5.55. The minimum absolute atomic E-state index is 0.0303. The summed E-state index contributed by atoms with van der Waals surface area (Å²) in [4.78, 5) is 33.2. The molecule has 2 heterocycles. The van der Waals surface area contributed by atoms with Gasteiger partial charge in [-0.05, 0) is 62.7 Å². The van der Waals surface area contributed by atoms with Gasteiger partial charge in [0.25, 0.3) is 5.78 Å². The van der Waals surface area contributed by atoms with Crippen molar-refractivity contribution in [3.63, 3.8) is 0 Å². The molecule has 1 fully saturated rings. The van der Waals surface area contributed by atoms with Crippen LogP contribution in [0.2, 0.25) is 0 Å². The second-order valence-electron chi connectivity index (χ2n) is 7.32. The van der Waals surface area contributed by atoms with Gasteiger partial charge in [0.2, 0.25) is 0 Å². The van der Waals surface area contributed by atoms with Crippen LogP contribution in [0.4, 0.5) is 5.13 Å². The predicted molar refractivity (Wildman–Crippen MR) is 128 cm³/mol. The van der Waals surface area contributed by atoms with E-state index >= 15 is 0 Å². The van der Waals surface area contributed by atoms with Crippen molar-refractivity contribution in [3.8, 4) is 5.75 Å². The van der Waals surface area contributed by atoms with Crippen molar-refractivity contribution >= 4 is 49.8 Å². The number of thiazole rings is 1. The van der Waals surface area contributed by atoms with E-state index in [2.05, 4.69) is 20.9 Å². The molecule has 0 unspecified atom stereocenters. The number of hydrogen-bond acceptors (Lipinski definition) is 6. The maximum Gasteiger partial charge on any atom is 0.301 e. The number of hydrogen-bond donors (Lipinski definition) is 1. The van der Waals surface area contributed by atoms with Crippen molar-refractivity contribution in [1.29, 1.82) is 0 Å². The molecule has 1 aliphatic heterocycles. The molecule has 2 aromatic carbocycles. The Labute approximate surface area is 198 Å². The fourth-order valence-electron chi connectivity index (χ4n) is 3.61. The number of carbonyl (C=O) groups is 2. The number of aromatic nitrogens is 1. The van der Waals surface area contributed by atoms with E-state index in [4.69, 9.17) is 4.74 Å². The molecule has 0 aliphatic carbocycles. The van der Waals surface area contributed by atoms with Crippen molar-refractivity contribution in [2.45, 2.75) is 26.8 Å². The molecule has 3 aromatic rings. The largest absolute Gasteiger partial charge is 0.507 e. The molecule has 8 heteroatoms. The lowest BCUT2D eigenvalue weighted by atomic mass is 9.95. The number of carbonyl (C=O) groups excluding carboxylic acids is 2. The lowest BCUT2D eigenvalue weighted by Gasteiger charge is -2.23. The third kappa shape index (κ3) is 3.96. The number of rotatable bonds is 5. The standard InChI is InChI=1S/C24H21BrN2O4S/c1-4-31-18-10-8-15(9-11-18)21(28)19-20(16-6-5-7-17(25)12-16)27(23(30)22(19)29)24-26-13(2)14(3)32-24/h5-12,20,28H,4H2,1-3H3/b21-19+/t20-/m1/s1. The Morgan fingerprint density at radius 1 is 1.19 bits per heavy atom. The summed E-state index contributed by atoms with van der Waals surface area (Å²) in [5.74, 6) is -1.03. The molecule has 1 aliphatic rings. The molecular formula is C24H21BrN2O4S. The normalized spacial score (nSPS) is 17.8. The number of amides is 1. The molecule has 6 nitrogen and oxygen atoms in total. The lowest BCUT2D eigenvalue weighted by molar-refractivity contribution is -0.132. The molecule has 1 aromatic heterocycles. The summed E-state index contributed by atoms with van der Waals surface area (Å²) in [6, 6.07) is 13.3. The SMILES string of the molecule is CCOc1ccc(/C(O)=C2\C(=O)C(=O)N(c3nc(C)c(C)s3)[C@@H]2c2cccc(Br)c2)cc1. The van der Waals surface area contributed by atoms with E-state index in [0.717, 1.165) is 15.0 Å². The van der Waals surface area contributed by atoms with Gasteiger partial charge in [-0.15, -0.1) is 11.3 Å². The van der Waals surface area contributed by atoms with Gasteiger partial charge in [-0.3, -0.25) is 14.5 Å². The first-order chi connectivity index (χ1) is 15.3. The summed E-state index contributed by atoms with van der Waals surface area (Å²) in [7, 11) is 0. The molecule has 0 saturated carbocycles. The molecule has 0 bridgehead atoms. The van der Waals surface area contributed by atoms with Crippen LogP contribution in [0.25, 0.3) is 5.76 Å². The lowest BCUT2D eigenvalue weighted by Crippen LogP contribution is -2.29. The Kier molecular flexibility index (Phi) is 6.17. The Bertz CT molecular complexity index is 1210. The highest BCUT2D eigenvalue weighted by Gasteiger charge is 2.48. The minimum Gasteiger partial charge on any atom is -0.507 e. The topological polar surface area (TPSA) is 79.7 Å². The second kappa shape index (κ2) is 8.88. The average Bonchev–Trinajstić information content (AvgIpc) is 3.24. The first-order valence-electron chi connectivity index (χ1n) is 10.1. The monoisotopic (exact) mass is 512 g/mol. The molecule has 4 rings (SSSR count). The number of anilines is 1. The van der Waals surface area contributed by atoms with Crippen LogP contribution in [-0.2, 0) is 9.59 Å². The summed E-state index contributed by atoms with van der Waals surface area (Å²) in [5.41, 5.74) is 1.95. The van der Waals surface area contributed by atoms with E-state index in [1.807, 2.05) is 45.0 Å². The van der Waals surface area contributed by atoms with Gasteiger partial charge in [-0.1, -0.05) is 28.1 Å². The molecule has 1 amide bonds. The molecular weight excluding hydrogens is 492 g/mol. The Balaban J connectivity index is 1.90. The zero-order valence-electron chi connectivity index (χ0n) is 17.8. The van der Waals surface area contributed by atoms with Crippen molar-refractivity contribution in [2.24, 2.45) is 0 Å². The highest BCUT2D eigenvalue weighted by Crippen LogP contribution is 2.44. The average molecular weight is 513 g/mol. The smallest absolute Gasteiger partial charge is 0.301 e. The van der Waals surface area contributed by atoms with Gasteiger partial charge in [0, 0.05) is 14.9 Å². The van der Waals surface area contributed by atoms with Crippen molar-refractivity contribution < 1.29 is 19.4 Å². The van der Waals surface area contributed by atoms with Crippen LogP contribution >= 0.6 is 27.3 Å². The maximum atomic E-state index is 13.2. The number of benzene rings is 2. The highest BCUT2D eigenvalue weighted by atomic mass is 79.9. The number of ether oxygens (including phenoxy) is 1. The number of ketones is 1. The van der Waals surface area contributed by atoms with Crippen LogP contribution in [0.1, 0.15) is 34.7 Å². The van der Waals surface area contributed by atoms with Crippen molar-refractivity contribution in [2.75, 3.05) is 11.5 Å². The first-order valence-corrected chi connectivity index (χ1v) is 11.7. The zero-order valence-corrected chi connectivity index (χ0v) is 20.2. The van der Waals surface area contributed by atoms with Gasteiger partial charge < -0.3 is 9.84 Å². The van der Waals surface area contributed by atoms with Crippen LogP contribution in [0, 0.1) is 13.8 Å². The molecule has 164 valence electrons. The van der Waals surface area contributed by atoms with Gasteiger partial charge in [0.1, 0.15) is 11.5 Å². The van der Waals surface area contributed by atoms with Crippen LogP contribution in [0.5, 0.6) is 5.75 Å². The Morgan fingerprint density at radius 3 is 2.50 bits per heavy atom. The fraction of sp³-hybridized carbons (Fsp3) is 0.208. The van der Waals surface area contributed by atoms with E-state index < -0.39 is 17.7 Å². The number of aliphatic hydroxyl groups is 1. The van der Waals surface area contributed by atoms with Crippen LogP contribution in [0.15, 0.2) is 58.6 Å². The number of Topliss-reactive ketones (excluding diaryl/α,β-unsaturated/α-hetero) is 1. The number of nitrogens with zero attached hydrogens (tertiary/aromatic N) is 2. The maximum absolute atomic E-state index is 13.2. The Hall–Kier alpha value is -2.97. The summed E-state index contributed by atoms with van der Waals surface area (Å²) < 4.78 is 6.26. The quantitative estimate of drug-likeness (QED) is 0.275. The van der Waals surface area contributed by atoms with E-state index in [1.54, 1.807) is 24.3 Å². The zero-order chi connectivity index (χ0) is 23.0. The van der Waals surface area contributed by atoms with E-state index in [0.29, 0.717) is 28.6 Å². The molecule has 1 atom stereocenters. The summed E-state index contributed by atoms with van der Waals surface area (Å²) in [6.07, 6.45) is 0. The molecule has 1 saturated heterocycles. The van der Waals surface area contributed by atoms with E-state index in [9.17, 15) is 14.7 Å². The van der Waals surface area contributed by atoms with Gasteiger partial charge >= 0.3 is 5.91 Å². The van der Waals surface area contributed by atoms with Gasteiger partial charge in [-0.25, -0.2) is 4.98 Å². The highest BCUT2D eigenvalue weighted by molar-refractivity contribution is 9.10. The third-order valence-electron chi connectivity index (χ3n) is 5.27. The van der Waals surface area contributed by atoms with Crippen LogP contribution in [-0.4, -0.2) is 28.4 Å². The first kappa shape index (κ1) is 22.2. The van der Waals surface area contributed by atoms with Gasteiger partial charge in [-0.2, -0.15) is 0 Å². The molecule has 0 radical (unpaired) electrons. The van der Waals surface area contributed by atoms with E-state index in [-0.39, 0.29) is 11.3 Å². The minimum atomic E-state index is -0.802. The summed E-state index contributed by atoms with van der Waals surface area (Å²) in [6.45, 7) is 6.18. The van der Waals surface area contributed by atoms with Crippen LogP contribution < -0.4 is 9.64 Å². The number of halogens is 1. The molecule has 0 spiro atoms. The molecule has 32 heavy (non-hydrogen) atoms. The van der Waals surface area contributed by atoms with Crippen molar-refractivity contribution in [1.82, 2.24) is 4.98 Å². The van der Waals surface area contributed by atoms with Gasteiger partial charge in [0.05, 0.1) is 23.9 Å². The number of aryl methyl sites for hydroxylation is 2. The second-order valence-corrected chi connectivity index (χ2v) is 9.42. The van der Waals surface area contributed by atoms with E-state index in [1.165, 1.54) is 16.2 Å². The summed E-state index contributed by atoms with van der Waals surface area (Å²) in [5, 5.41) is 11.6. The fourth-order valence-corrected chi connectivity index (χ4v) is 4.97. The van der Waals surface area contributed by atoms with Gasteiger partial charge in [0.15, 0.2) is 5.13 Å².